The topological polar surface area (TPSA) is 98.5 Å². The second kappa shape index (κ2) is 5.91. The molecule has 0 spiro atoms. The molecule has 0 radical (unpaired) electrons. The summed E-state index contributed by atoms with van der Waals surface area (Å²) in [7, 11) is 0. The van der Waals surface area contributed by atoms with Crippen LogP contribution in [0.3, 0.4) is 0 Å². The van der Waals surface area contributed by atoms with Crippen LogP contribution in [0.1, 0.15) is 45.4 Å². The van der Waals surface area contributed by atoms with Crippen molar-refractivity contribution in [1.29, 1.82) is 0 Å². The third-order valence-electron chi connectivity index (χ3n) is 4.49. The number of nitrogens with one attached hydrogen (secondary N) is 1. The smallest absolute Gasteiger partial charge is 0.253 e. The molecular weight excluding hydrogens is 260 g/mol. The first kappa shape index (κ1) is 15.0. The van der Waals surface area contributed by atoms with E-state index in [0.29, 0.717) is 12.3 Å². The maximum Gasteiger partial charge on any atom is 0.253 e. The molecule has 2 atom stereocenters. The van der Waals surface area contributed by atoms with Crippen molar-refractivity contribution in [1.82, 2.24) is 5.32 Å². The molecular formula is C14H22N2O4. The number of Topliss-reactive ketones (excluding diaryl/α,β-unsaturated/α-hetero) is 1. The Bertz CT molecular complexity index is 417. The first-order valence-corrected chi connectivity index (χ1v) is 7.22. The Kier molecular flexibility index (Phi) is 4.42. The van der Waals surface area contributed by atoms with Crippen LogP contribution in [0.15, 0.2) is 0 Å². The summed E-state index contributed by atoms with van der Waals surface area (Å²) in [6, 6.07) is 0. The van der Waals surface area contributed by atoms with Crippen molar-refractivity contribution < 1.29 is 19.1 Å². The molecule has 6 nitrogen and oxygen atoms in total. The number of hydrogen-bond acceptors (Lipinski definition) is 4. The van der Waals surface area contributed by atoms with E-state index in [1.54, 1.807) is 6.92 Å². The number of carbonyl (C=O) groups is 3. The van der Waals surface area contributed by atoms with E-state index in [-0.39, 0.29) is 12.5 Å². The first-order valence-electron chi connectivity index (χ1n) is 7.22. The Morgan fingerprint density at radius 2 is 2.05 bits per heavy atom. The summed E-state index contributed by atoms with van der Waals surface area (Å²) in [5.41, 5.74) is 3.64. The minimum atomic E-state index is -1.69. The van der Waals surface area contributed by atoms with Crippen LogP contribution in [0.2, 0.25) is 0 Å². The molecule has 1 saturated heterocycles. The van der Waals surface area contributed by atoms with Gasteiger partial charge in [0, 0.05) is 6.42 Å². The number of ketones is 1. The van der Waals surface area contributed by atoms with Gasteiger partial charge < -0.3 is 15.8 Å². The Labute approximate surface area is 118 Å². The summed E-state index contributed by atoms with van der Waals surface area (Å²) in [5.74, 6) is -1.03. The van der Waals surface area contributed by atoms with Gasteiger partial charge in [0.15, 0.2) is 5.78 Å². The summed E-state index contributed by atoms with van der Waals surface area (Å²) >= 11 is 0. The normalized spacial score (nSPS) is 30.6. The summed E-state index contributed by atoms with van der Waals surface area (Å²) in [6.45, 7) is 1.39. The molecule has 0 aromatic rings. The lowest BCUT2D eigenvalue weighted by atomic mass is 9.89. The third kappa shape index (κ3) is 2.70. The molecule has 1 heterocycles. The van der Waals surface area contributed by atoms with Crippen LogP contribution in [-0.4, -0.2) is 35.8 Å². The predicted octanol–water partition coefficient (Wildman–Crippen LogP) is 0.285. The number of hydrogen-bond donors (Lipinski definition) is 2. The van der Waals surface area contributed by atoms with Gasteiger partial charge in [-0.25, -0.2) is 0 Å². The molecule has 20 heavy (non-hydrogen) atoms. The van der Waals surface area contributed by atoms with E-state index in [1.165, 1.54) is 12.8 Å². The number of amides is 2. The van der Waals surface area contributed by atoms with E-state index in [2.05, 4.69) is 5.32 Å². The molecule has 2 aliphatic rings. The van der Waals surface area contributed by atoms with Crippen LogP contribution in [0.25, 0.3) is 0 Å². The molecule has 0 bridgehead atoms. The van der Waals surface area contributed by atoms with Gasteiger partial charge in [0.1, 0.15) is 6.61 Å². The van der Waals surface area contributed by atoms with Crippen molar-refractivity contribution in [3.8, 4) is 0 Å². The minimum Gasteiger partial charge on any atom is -0.367 e. The first-order chi connectivity index (χ1) is 9.46. The minimum absolute atomic E-state index is 0.187. The van der Waals surface area contributed by atoms with Crippen molar-refractivity contribution in [3.63, 3.8) is 0 Å². The number of ether oxygens (including phenoxy) is 1. The molecule has 2 unspecified atom stereocenters. The largest absolute Gasteiger partial charge is 0.367 e. The zero-order valence-electron chi connectivity index (χ0n) is 11.8. The molecule has 112 valence electrons. The molecule has 0 aromatic carbocycles. The summed E-state index contributed by atoms with van der Waals surface area (Å²) < 4.78 is 5.16. The van der Waals surface area contributed by atoms with Gasteiger partial charge in [-0.05, 0) is 19.3 Å². The zero-order valence-corrected chi connectivity index (χ0v) is 11.8. The quantitative estimate of drug-likeness (QED) is 0.708. The highest BCUT2D eigenvalue weighted by Gasteiger charge is 2.55. The highest BCUT2D eigenvalue weighted by molar-refractivity contribution is 6.14. The van der Waals surface area contributed by atoms with Gasteiger partial charge in [0.25, 0.3) is 5.91 Å². The number of carbonyl (C=O) groups excluding carboxylic acids is 3. The molecule has 1 saturated carbocycles. The predicted molar refractivity (Wildman–Crippen MR) is 71.7 cm³/mol. The molecule has 1 aliphatic carbocycles. The molecule has 3 N–H and O–H groups in total. The lowest BCUT2D eigenvalue weighted by Gasteiger charge is -2.28. The maximum atomic E-state index is 12.0. The monoisotopic (exact) mass is 282 g/mol. The fraction of sp³-hybridized carbons (Fsp3) is 0.786. The maximum absolute atomic E-state index is 12.0. The Hall–Kier alpha value is -1.43. The molecule has 2 amide bonds. The average molecular weight is 282 g/mol. The van der Waals surface area contributed by atoms with E-state index in [1.807, 2.05) is 0 Å². The van der Waals surface area contributed by atoms with E-state index in [4.69, 9.17) is 10.5 Å². The van der Waals surface area contributed by atoms with E-state index in [0.717, 1.165) is 19.3 Å². The molecule has 2 fully saturated rings. The van der Waals surface area contributed by atoms with Crippen molar-refractivity contribution >= 4 is 17.6 Å². The van der Waals surface area contributed by atoms with Crippen LogP contribution < -0.4 is 11.1 Å². The Balaban J connectivity index is 1.96. The summed E-state index contributed by atoms with van der Waals surface area (Å²) in [6.07, 6.45) is 5.16. The highest BCUT2D eigenvalue weighted by Crippen LogP contribution is 2.29. The summed E-state index contributed by atoms with van der Waals surface area (Å²) in [4.78, 5) is 35.6. The van der Waals surface area contributed by atoms with Gasteiger partial charge in [0.2, 0.25) is 11.4 Å². The van der Waals surface area contributed by atoms with E-state index in [9.17, 15) is 14.4 Å². The summed E-state index contributed by atoms with van der Waals surface area (Å²) in [5, 5.41) is 2.53. The van der Waals surface area contributed by atoms with Crippen molar-refractivity contribution in [2.45, 2.75) is 57.1 Å². The van der Waals surface area contributed by atoms with Crippen LogP contribution in [0, 0.1) is 5.92 Å². The van der Waals surface area contributed by atoms with Crippen molar-refractivity contribution in [3.05, 3.63) is 0 Å². The molecule has 0 aromatic heterocycles. The van der Waals surface area contributed by atoms with Gasteiger partial charge >= 0.3 is 0 Å². The van der Waals surface area contributed by atoms with Gasteiger partial charge in [-0.3, -0.25) is 14.4 Å². The number of primary amides is 1. The molecule has 1 aliphatic heterocycles. The Morgan fingerprint density at radius 1 is 1.40 bits per heavy atom. The molecule has 2 rings (SSSR count). The standard InChI is InChI=1S/C14H22N2O4/c1-9-14(13(15)19,11(17)8-20-9)16-12(18)7-6-10-4-2-3-5-10/h9-10H,2-8H2,1H3,(H2,15,19)(H,16,18). The van der Waals surface area contributed by atoms with Crippen LogP contribution in [-0.2, 0) is 19.1 Å². The van der Waals surface area contributed by atoms with Crippen LogP contribution in [0.4, 0.5) is 0 Å². The lowest BCUT2D eigenvalue weighted by molar-refractivity contribution is -0.139. The van der Waals surface area contributed by atoms with E-state index < -0.39 is 23.3 Å². The number of rotatable bonds is 5. The Morgan fingerprint density at radius 3 is 2.55 bits per heavy atom. The fourth-order valence-corrected chi connectivity index (χ4v) is 3.15. The number of nitrogens with two attached hydrogens (primary N) is 1. The van der Waals surface area contributed by atoms with Gasteiger partial charge in [-0.15, -0.1) is 0 Å². The fourth-order valence-electron chi connectivity index (χ4n) is 3.15. The third-order valence-corrected chi connectivity index (χ3v) is 4.49. The SMILES string of the molecule is CC1OCC(=O)C1(NC(=O)CCC1CCCC1)C(N)=O. The second-order valence-corrected chi connectivity index (χ2v) is 5.79. The van der Waals surface area contributed by atoms with Gasteiger partial charge in [0.05, 0.1) is 6.10 Å². The average Bonchev–Trinajstić information content (AvgIpc) is 3.00. The lowest BCUT2D eigenvalue weighted by Crippen LogP contribution is -2.65. The van der Waals surface area contributed by atoms with Crippen LogP contribution in [0.5, 0.6) is 0 Å². The van der Waals surface area contributed by atoms with E-state index >= 15 is 0 Å². The van der Waals surface area contributed by atoms with Crippen LogP contribution >= 0.6 is 0 Å². The van der Waals surface area contributed by atoms with Crippen molar-refractivity contribution in [2.24, 2.45) is 11.7 Å². The second-order valence-electron chi connectivity index (χ2n) is 5.79. The molecule has 6 heteroatoms. The highest BCUT2D eigenvalue weighted by atomic mass is 16.5. The van der Waals surface area contributed by atoms with Gasteiger partial charge in [-0.1, -0.05) is 25.7 Å². The zero-order chi connectivity index (χ0) is 14.8. The van der Waals surface area contributed by atoms with Gasteiger partial charge in [-0.2, -0.15) is 0 Å². The van der Waals surface area contributed by atoms with Crippen molar-refractivity contribution in [2.75, 3.05) is 6.61 Å².